The molecule has 28 heavy (non-hydrogen) atoms. The minimum absolute atomic E-state index is 0.104. The first kappa shape index (κ1) is 19.9. The zero-order chi connectivity index (χ0) is 19.9. The van der Waals surface area contributed by atoms with Gasteiger partial charge in [0.2, 0.25) is 11.8 Å². The number of ether oxygens (including phenoxy) is 1. The van der Waals surface area contributed by atoms with Crippen LogP contribution in [0.5, 0.6) is 5.75 Å². The second-order valence-corrected chi connectivity index (χ2v) is 7.90. The van der Waals surface area contributed by atoms with Gasteiger partial charge in [0.15, 0.2) is 4.34 Å². The Kier molecular flexibility index (Phi) is 6.67. The van der Waals surface area contributed by atoms with E-state index in [1.165, 1.54) is 29.2 Å². The minimum atomic E-state index is -0.260. The maximum atomic E-state index is 12.2. The second kappa shape index (κ2) is 9.38. The molecule has 3 rings (SSSR count). The molecule has 8 heteroatoms. The van der Waals surface area contributed by atoms with E-state index in [-0.39, 0.29) is 17.6 Å². The Morgan fingerprint density at radius 3 is 2.64 bits per heavy atom. The second-order valence-electron chi connectivity index (χ2n) is 5.65. The van der Waals surface area contributed by atoms with Crippen molar-refractivity contribution in [2.45, 2.75) is 11.3 Å². The minimum Gasteiger partial charge on any atom is -0.494 e. The summed E-state index contributed by atoms with van der Waals surface area (Å²) in [5, 5.41) is 5.58. The first-order valence-electron chi connectivity index (χ1n) is 8.57. The van der Waals surface area contributed by atoms with Crippen LogP contribution in [-0.4, -0.2) is 29.2 Å². The van der Waals surface area contributed by atoms with Crippen molar-refractivity contribution < 1.29 is 14.3 Å². The Morgan fingerprint density at radius 1 is 1.18 bits per heavy atom. The van der Waals surface area contributed by atoms with Gasteiger partial charge in [0.25, 0.3) is 0 Å². The van der Waals surface area contributed by atoms with Crippen LogP contribution in [0.3, 0.4) is 0 Å². The molecule has 2 aromatic carbocycles. The Balaban J connectivity index is 1.57. The maximum absolute atomic E-state index is 12.2. The number of amides is 2. The molecule has 6 nitrogen and oxygen atoms in total. The molecule has 2 N–H and O–H groups in total. The molecular weight excluding hydrogens is 394 g/mol. The molecule has 0 radical (unpaired) electrons. The maximum Gasteiger partial charge on any atom is 0.247 e. The molecule has 2 amide bonds. The van der Waals surface area contributed by atoms with Gasteiger partial charge in [-0.1, -0.05) is 18.3 Å². The van der Waals surface area contributed by atoms with Crippen LogP contribution in [0.4, 0.5) is 11.4 Å². The summed E-state index contributed by atoms with van der Waals surface area (Å²) in [7, 11) is 0. The van der Waals surface area contributed by atoms with Crippen LogP contribution in [0, 0.1) is 0 Å². The Labute approximate surface area is 171 Å². The lowest BCUT2D eigenvalue weighted by molar-refractivity contribution is -0.114. The number of hydrogen-bond donors (Lipinski definition) is 2. The van der Waals surface area contributed by atoms with Gasteiger partial charge >= 0.3 is 0 Å². The van der Waals surface area contributed by atoms with Crippen LogP contribution in [0.25, 0.3) is 10.2 Å². The van der Waals surface area contributed by atoms with Crippen molar-refractivity contribution in [1.82, 2.24) is 4.98 Å². The van der Waals surface area contributed by atoms with E-state index in [9.17, 15) is 9.59 Å². The number of anilines is 2. The van der Waals surface area contributed by atoms with Crippen LogP contribution < -0.4 is 15.4 Å². The third-order valence-corrected chi connectivity index (χ3v) is 5.76. The van der Waals surface area contributed by atoms with Crippen molar-refractivity contribution in [3.8, 4) is 5.75 Å². The van der Waals surface area contributed by atoms with Gasteiger partial charge in [-0.15, -0.1) is 11.3 Å². The standard InChI is InChI=1S/C20H19N3O3S2/c1-3-18(24)22-14-7-10-16-17(11-14)28-20(23-16)27-12-19(25)21-13-5-8-15(9-6-13)26-4-2/h3,5-11H,1,4,12H2,2H3,(H,21,25)(H,22,24). The number of nitrogens with one attached hydrogen (secondary N) is 2. The first-order chi connectivity index (χ1) is 13.6. The van der Waals surface area contributed by atoms with E-state index in [2.05, 4.69) is 22.2 Å². The highest BCUT2D eigenvalue weighted by Gasteiger charge is 2.09. The zero-order valence-corrected chi connectivity index (χ0v) is 16.9. The monoisotopic (exact) mass is 413 g/mol. The third kappa shape index (κ3) is 5.34. The topological polar surface area (TPSA) is 80.3 Å². The lowest BCUT2D eigenvalue weighted by Gasteiger charge is -2.06. The van der Waals surface area contributed by atoms with Crippen molar-refractivity contribution in [2.75, 3.05) is 23.0 Å². The summed E-state index contributed by atoms with van der Waals surface area (Å²) in [5.74, 6) is 0.664. The number of thiazole rings is 1. The molecule has 0 saturated carbocycles. The van der Waals surface area contributed by atoms with E-state index in [4.69, 9.17) is 4.74 Å². The van der Waals surface area contributed by atoms with Crippen molar-refractivity contribution in [3.63, 3.8) is 0 Å². The molecule has 0 fully saturated rings. The fourth-order valence-corrected chi connectivity index (χ4v) is 4.27. The molecule has 0 bridgehead atoms. The summed E-state index contributed by atoms with van der Waals surface area (Å²) >= 11 is 2.86. The van der Waals surface area contributed by atoms with Crippen LogP contribution in [0.2, 0.25) is 0 Å². The summed E-state index contributed by atoms with van der Waals surface area (Å²) in [6, 6.07) is 12.8. The smallest absolute Gasteiger partial charge is 0.247 e. The van der Waals surface area contributed by atoms with E-state index in [0.29, 0.717) is 12.3 Å². The number of fused-ring (bicyclic) bond motifs is 1. The van der Waals surface area contributed by atoms with Gasteiger partial charge in [-0.05, 0) is 55.5 Å². The van der Waals surface area contributed by atoms with Gasteiger partial charge in [-0.25, -0.2) is 4.98 Å². The van der Waals surface area contributed by atoms with E-state index in [0.717, 1.165) is 26.0 Å². The molecular formula is C20H19N3O3S2. The highest BCUT2D eigenvalue weighted by atomic mass is 32.2. The SMILES string of the molecule is C=CC(=O)Nc1ccc2nc(SCC(=O)Nc3ccc(OCC)cc3)sc2c1. The summed E-state index contributed by atoms with van der Waals surface area (Å²) in [6.07, 6.45) is 1.22. The highest BCUT2D eigenvalue weighted by Crippen LogP contribution is 2.31. The molecule has 144 valence electrons. The number of aromatic nitrogens is 1. The molecule has 1 aromatic heterocycles. The van der Waals surface area contributed by atoms with Gasteiger partial charge in [-0.2, -0.15) is 0 Å². The summed E-state index contributed by atoms with van der Waals surface area (Å²) in [4.78, 5) is 28.1. The quantitative estimate of drug-likeness (QED) is 0.418. The molecule has 0 unspecified atom stereocenters. The van der Waals surface area contributed by atoms with E-state index >= 15 is 0 Å². The average Bonchev–Trinajstić information content (AvgIpc) is 3.10. The number of nitrogens with zero attached hydrogens (tertiary/aromatic N) is 1. The predicted octanol–water partition coefficient (Wildman–Crippen LogP) is 4.55. The van der Waals surface area contributed by atoms with Crippen LogP contribution in [-0.2, 0) is 9.59 Å². The van der Waals surface area contributed by atoms with Gasteiger partial charge in [0.1, 0.15) is 5.75 Å². The lowest BCUT2D eigenvalue weighted by atomic mass is 10.3. The van der Waals surface area contributed by atoms with E-state index in [1.54, 1.807) is 6.07 Å². The van der Waals surface area contributed by atoms with Gasteiger partial charge in [0, 0.05) is 11.4 Å². The molecule has 0 atom stereocenters. The summed E-state index contributed by atoms with van der Waals surface area (Å²) in [5.41, 5.74) is 2.24. The number of thioether (sulfide) groups is 1. The van der Waals surface area contributed by atoms with Gasteiger partial charge in [0.05, 0.1) is 22.6 Å². The molecule has 1 heterocycles. The lowest BCUT2D eigenvalue weighted by Crippen LogP contribution is -2.13. The summed E-state index contributed by atoms with van der Waals surface area (Å²) in [6.45, 7) is 5.96. The van der Waals surface area contributed by atoms with Crippen LogP contribution >= 0.6 is 23.1 Å². The highest BCUT2D eigenvalue weighted by molar-refractivity contribution is 8.01. The summed E-state index contributed by atoms with van der Waals surface area (Å²) < 4.78 is 7.12. The zero-order valence-electron chi connectivity index (χ0n) is 15.2. The van der Waals surface area contributed by atoms with Crippen molar-refractivity contribution in [3.05, 3.63) is 55.1 Å². The fourth-order valence-electron chi connectivity index (χ4n) is 2.36. The average molecular weight is 414 g/mol. The first-order valence-corrected chi connectivity index (χ1v) is 10.4. The largest absolute Gasteiger partial charge is 0.494 e. The Bertz CT molecular complexity index is 1000. The molecule has 3 aromatic rings. The molecule has 0 aliphatic heterocycles. The van der Waals surface area contributed by atoms with Crippen LogP contribution in [0.1, 0.15) is 6.92 Å². The molecule has 0 aliphatic rings. The predicted molar refractivity (Wildman–Crippen MR) is 115 cm³/mol. The fraction of sp³-hybridized carbons (Fsp3) is 0.150. The molecule has 0 aliphatic carbocycles. The number of hydrogen-bond acceptors (Lipinski definition) is 6. The van der Waals surface area contributed by atoms with E-state index in [1.807, 2.05) is 43.3 Å². The Morgan fingerprint density at radius 2 is 1.93 bits per heavy atom. The van der Waals surface area contributed by atoms with E-state index < -0.39 is 0 Å². The normalized spacial score (nSPS) is 10.5. The van der Waals surface area contributed by atoms with Crippen molar-refractivity contribution in [2.24, 2.45) is 0 Å². The number of rotatable bonds is 8. The molecule has 0 spiro atoms. The number of carbonyl (C=O) groups excluding carboxylic acids is 2. The van der Waals surface area contributed by atoms with Crippen molar-refractivity contribution in [1.29, 1.82) is 0 Å². The van der Waals surface area contributed by atoms with Crippen molar-refractivity contribution >= 4 is 56.5 Å². The Hall–Kier alpha value is -2.84. The molecule has 0 saturated heterocycles. The van der Waals surface area contributed by atoms with Crippen LogP contribution in [0.15, 0.2) is 59.5 Å². The third-order valence-electron chi connectivity index (χ3n) is 3.60. The van der Waals surface area contributed by atoms with Gasteiger partial charge < -0.3 is 15.4 Å². The number of carbonyl (C=O) groups is 2. The number of benzene rings is 2. The van der Waals surface area contributed by atoms with Gasteiger partial charge in [-0.3, -0.25) is 9.59 Å².